The second-order valence-corrected chi connectivity index (χ2v) is 8.15. The average Bonchev–Trinajstić information content (AvgIpc) is 3.19. The van der Waals surface area contributed by atoms with Crippen molar-refractivity contribution in [2.24, 2.45) is 4.99 Å². The first kappa shape index (κ1) is 25.2. The lowest BCUT2D eigenvalue weighted by Crippen LogP contribution is -2.40. The summed E-state index contributed by atoms with van der Waals surface area (Å²) in [5.74, 6) is 0.689. The monoisotopic (exact) mass is 522 g/mol. The molecule has 0 spiro atoms. The standard InChI is InChI=1S/C20H34N4O2S.HI/c1-24(2)19(25)16-23-20(22-13-11-18-10-6-15-27-18)21-12-7-14-26-17-8-4-3-5-9-17;/h6,10,15,17H,3-5,7-9,11-14,16H2,1-2H3,(H2,21,22,23);1H. The van der Waals surface area contributed by atoms with Crippen LogP contribution in [-0.4, -0.2) is 63.2 Å². The number of guanidine groups is 1. The van der Waals surface area contributed by atoms with Crippen molar-refractivity contribution >= 4 is 47.2 Å². The highest BCUT2D eigenvalue weighted by atomic mass is 127. The lowest BCUT2D eigenvalue weighted by molar-refractivity contribution is -0.127. The number of likely N-dealkylation sites (N-methyl/N-ethyl adjacent to an activating group) is 1. The van der Waals surface area contributed by atoms with E-state index >= 15 is 0 Å². The first-order valence-electron chi connectivity index (χ1n) is 10.0. The van der Waals surface area contributed by atoms with Gasteiger partial charge in [-0.2, -0.15) is 0 Å². The molecule has 2 N–H and O–H groups in total. The second-order valence-electron chi connectivity index (χ2n) is 7.12. The third-order valence-electron chi connectivity index (χ3n) is 4.63. The van der Waals surface area contributed by atoms with Crippen molar-refractivity contribution in [3.8, 4) is 0 Å². The fraction of sp³-hybridized carbons (Fsp3) is 0.700. The molecule has 0 aromatic carbocycles. The fourth-order valence-electron chi connectivity index (χ4n) is 2.98. The predicted octanol–water partition coefficient (Wildman–Crippen LogP) is 3.27. The van der Waals surface area contributed by atoms with Crippen LogP contribution >= 0.6 is 35.3 Å². The van der Waals surface area contributed by atoms with Crippen LogP contribution in [0.4, 0.5) is 0 Å². The molecule has 0 radical (unpaired) electrons. The van der Waals surface area contributed by atoms with Crippen molar-refractivity contribution in [2.75, 3.05) is 40.3 Å². The summed E-state index contributed by atoms with van der Waals surface area (Å²) in [6.07, 6.45) is 8.70. The molecular formula is C20H35IN4O2S. The van der Waals surface area contributed by atoms with Crippen molar-refractivity contribution in [1.29, 1.82) is 0 Å². The maximum Gasteiger partial charge on any atom is 0.243 e. The lowest BCUT2D eigenvalue weighted by atomic mass is 9.98. The van der Waals surface area contributed by atoms with Gasteiger partial charge in [-0.15, -0.1) is 35.3 Å². The Morgan fingerprint density at radius 3 is 2.68 bits per heavy atom. The van der Waals surface area contributed by atoms with E-state index < -0.39 is 0 Å². The number of amides is 1. The molecule has 6 nitrogen and oxygen atoms in total. The number of thiophene rings is 1. The minimum absolute atomic E-state index is 0. The molecule has 0 atom stereocenters. The Balaban J connectivity index is 0.00000392. The molecule has 1 amide bonds. The Hall–Kier alpha value is -0.870. The van der Waals surface area contributed by atoms with E-state index in [9.17, 15) is 4.79 Å². The lowest BCUT2D eigenvalue weighted by Gasteiger charge is -2.22. The van der Waals surface area contributed by atoms with Gasteiger partial charge in [0, 0.05) is 38.7 Å². The Morgan fingerprint density at radius 2 is 2.00 bits per heavy atom. The molecule has 160 valence electrons. The predicted molar refractivity (Wildman–Crippen MR) is 128 cm³/mol. The van der Waals surface area contributed by atoms with Crippen LogP contribution in [0.25, 0.3) is 0 Å². The maximum absolute atomic E-state index is 11.8. The topological polar surface area (TPSA) is 66.0 Å². The van der Waals surface area contributed by atoms with Gasteiger partial charge in [0.1, 0.15) is 6.54 Å². The van der Waals surface area contributed by atoms with Crippen LogP contribution in [0.15, 0.2) is 22.5 Å². The van der Waals surface area contributed by atoms with Gasteiger partial charge in [0.25, 0.3) is 0 Å². The number of nitrogens with zero attached hydrogens (tertiary/aromatic N) is 2. The number of nitrogens with one attached hydrogen (secondary N) is 2. The SMILES string of the molecule is CN(C)C(=O)CN=C(NCCCOC1CCCCC1)NCCc1cccs1.I. The first-order chi connectivity index (χ1) is 13.1. The molecular weight excluding hydrogens is 487 g/mol. The van der Waals surface area contributed by atoms with Gasteiger partial charge in [-0.05, 0) is 37.1 Å². The number of rotatable bonds is 10. The van der Waals surface area contributed by atoms with Crippen LogP contribution in [0.2, 0.25) is 0 Å². The zero-order valence-electron chi connectivity index (χ0n) is 17.1. The van der Waals surface area contributed by atoms with E-state index in [0.29, 0.717) is 12.1 Å². The summed E-state index contributed by atoms with van der Waals surface area (Å²) >= 11 is 1.76. The largest absolute Gasteiger partial charge is 0.378 e. The summed E-state index contributed by atoms with van der Waals surface area (Å²) in [6, 6.07) is 4.20. The third-order valence-corrected chi connectivity index (χ3v) is 5.57. The summed E-state index contributed by atoms with van der Waals surface area (Å²) < 4.78 is 5.96. The van der Waals surface area contributed by atoms with E-state index in [4.69, 9.17) is 4.74 Å². The average molecular weight is 522 g/mol. The van der Waals surface area contributed by atoms with Crippen LogP contribution in [0.5, 0.6) is 0 Å². The van der Waals surface area contributed by atoms with Gasteiger partial charge in [-0.1, -0.05) is 25.3 Å². The molecule has 0 aliphatic heterocycles. The van der Waals surface area contributed by atoms with E-state index in [0.717, 1.165) is 32.5 Å². The first-order valence-corrected chi connectivity index (χ1v) is 10.9. The van der Waals surface area contributed by atoms with Gasteiger partial charge >= 0.3 is 0 Å². The molecule has 1 saturated carbocycles. The number of hydrogen-bond donors (Lipinski definition) is 2. The van der Waals surface area contributed by atoms with Gasteiger partial charge in [0.05, 0.1) is 6.10 Å². The molecule has 0 saturated heterocycles. The number of aliphatic imine (C=N–C) groups is 1. The fourth-order valence-corrected chi connectivity index (χ4v) is 3.69. The van der Waals surface area contributed by atoms with Crippen molar-refractivity contribution in [3.05, 3.63) is 22.4 Å². The molecule has 28 heavy (non-hydrogen) atoms. The Kier molecular flexibility index (Phi) is 13.5. The number of ether oxygens (including phenoxy) is 1. The molecule has 1 aromatic heterocycles. The molecule has 1 heterocycles. The van der Waals surface area contributed by atoms with Gasteiger partial charge in [-0.3, -0.25) is 4.79 Å². The summed E-state index contributed by atoms with van der Waals surface area (Å²) in [5.41, 5.74) is 0. The van der Waals surface area contributed by atoms with Crippen LogP contribution in [0.3, 0.4) is 0 Å². The number of halogens is 1. The van der Waals surface area contributed by atoms with Crippen LogP contribution in [0.1, 0.15) is 43.4 Å². The molecule has 1 aliphatic carbocycles. The summed E-state index contributed by atoms with van der Waals surface area (Å²) in [7, 11) is 3.50. The minimum Gasteiger partial charge on any atom is -0.378 e. The summed E-state index contributed by atoms with van der Waals surface area (Å²) in [4.78, 5) is 19.1. The van der Waals surface area contributed by atoms with E-state index in [2.05, 4.69) is 33.1 Å². The maximum atomic E-state index is 11.8. The molecule has 2 rings (SSSR count). The smallest absolute Gasteiger partial charge is 0.243 e. The van der Waals surface area contributed by atoms with Crippen LogP contribution < -0.4 is 10.6 Å². The van der Waals surface area contributed by atoms with E-state index in [1.165, 1.54) is 37.0 Å². The molecule has 1 aliphatic rings. The summed E-state index contributed by atoms with van der Waals surface area (Å²) in [5, 5.41) is 8.74. The van der Waals surface area contributed by atoms with Crippen LogP contribution in [-0.2, 0) is 16.0 Å². The van der Waals surface area contributed by atoms with Crippen LogP contribution in [0, 0.1) is 0 Å². The zero-order valence-corrected chi connectivity index (χ0v) is 20.3. The molecule has 0 bridgehead atoms. The van der Waals surface area contributed by atoms with E-state index in [-0.39, 0.29) is 36.4 Å². The Bertz CT molecular complexity index is 561. The van der Waals surface area contributed by atoms with E-state index in [1.807, 2.05) is 0 Å². The molecule has 8 heteroatoms. The highest BCUT2D eigenvalue weighted by molar-refractivity contribution is 14.0. The zero-order chi connectivity index (χ0) is 19.3. The molecule has 0 unspecified atom stereocenters. The summed E-state index contributed by atoms with van der Waals surface area (Å²) in [6.45, 7) is 2.51. The third kappa shape index (κ3) is 10.6. The Morgan fingerprint density at radius 1 is 1.25 bits per heavy atom. The van der Waals surface area contributed by atoms with Gasteiger partial charge in [0.2, 0.25) is 5.91 Å². The van der Waals surface area contributed by atoms with Crippen molar-refractivity contribution in [2.45, 2.75) is 51.0 Å². The Labute approximate surface area is 190 Å². The number of hydrogen-bond acceptors (Lipinski definition) is 4. The molecule has 1 aromatic rings. The van der Waals surface area contributed by atoms with Crippen molar-refractivity contribution in [1.82, 2.24) is 15.5 Å². The second kappa shape index (κ2) is 15.0. The quantitative estimate of drug-likeness (QED) is 0.214. The highest BCUT2D eigenvalue weighted by Crippen LogP contribution is 2.20. The van der Waals surface area contributed by atoms with Crippen molar-refractivity contribution < 1.29 is 9.53 Å². The minimum atomic E-state index is -0.00464. The number of carbonyl (C=O) groups is 1. The van der Waals surface area contributed by atoms with Crippen molar-refractivity contribution in [3.63, 3.8) is 0 Å². The highest BCUT2D eigenvalue weighted by Gasteiger charge is 2.13. The number of carbonyl (C=O) groups excluding carboxylic acids is 1. The van der Waals surface area contributed by atoms with Gasteiger partial charge in [-0.25, -0.2) is 4.99 Å². The van der Waals surface area contributed by atoms with Gasteiger partial charge < -0.3 is 20.3 Å². The van der Waals surface area contributed by atoms with E-state index in [1.54, 1.807) is 30.3 Å². The normalized spacial score (nSPS) is 15.0. The molecule has 1 fully saturated rings. The van der Waals surface area contributed by atoms with Gasteiger partial charge in [0.15, 0.2) is 5.96 Å².